The van der Waals surface area contributed by atoms with Crippen LogP contribution in [-0.2, 0) is 47.0 Å². The molecule has 2 aromatic carbocycles. The summed E-state index contributed by atoms with van der Waals surface area (Å²) in [4.78, 5) is 71.5. The number of rotatable bonds is 5. The van der Waals surface area contributed by atoms with Crippen LogP contribution in [0, 0.1) is 17.2 Å². The second kappa shape index (κ2) is 15.7. The highest BCUT2D eigenvalue weighted by Gasteiger charge is 2.61. The van der Waals surface area contributed by atoms with Crippen LogP contribution in [0.5, 0.6) is 0 Å². The molecule has 1 saturated heterocycles. The Hall–Kier alpha value is -5.43. The van der Waals surface area contributed by atoms with Crippen molar-refractivity contribution in [2.45, 2.75) is 113 Å². The number of fused-ring (bicyclic) bond motifs is 3. The van der Waals surface area contributed by atoms with Crippen LogP contribution >= 0.6 is 0 Å². The van der Waals surface area contributed by atoms with Gasteiger partial charge in [0.15, 0.2) is 0 Å². The lowest BCUT2D eigenvalue weighted by Crippen LogP contribution is -2.58. The summed E-state index contributed by atoms with van der Waals surface area (Å²) in [7, 11) is -4.40. The average Bonchev–Trinajstić information content (AvgIpc) is 3.42. The summed E-state index contributed by atoms with van der Waals surface area (Å²) in [5.74, 6) is -2.83. The van der Waals surface area contributed by atoms with Gasteiger partial charge in [-0.3, -0.25) is 19.3 Å². The highest BCUT2D eigenvalue weighted by atomic mass is 32.2. The Labute approximate surface area is 320 Å². The quantitative estimate of drug-likeness (QED) is 0.375. The number of ether oxygens (including phenoxy) is 2. The largest absolute Gasteiger partial charge is 0.444 e. The van der Waals surface area contributed by atoms with Crippen LogP contribution in [0.4, 0.5) is 9.59 Å². The van der Waals surface area contributed by atoms with E-state index in [2.05, 4.69) is 15.4 Å². The zero-order valence-corrected chi connectivity index (χ0v) is 31.9. The predicted molar refractivity (Wildman–Crippen MR) is 197 cm³/mol. The Morgan fingerprint density at radius 1 is 1.00 bits per heavy atom. The number of hydrogen-bond acceptors (Lipinski definition) is 10. The van der Waals surface area contributed by atoms with Gasteiger partial charge in [0, 0.05) is 25.4 Å². The standard InChI is InChI=1S/C39H46N6O9S/c1-38(2,3)54-36(49)41-31-14-8-6-4-5-7-13-28-20-39(28,35(48)43-55(51,52)30-17-15-25(21-40)16-18-30)42-33(46)32-19-29(24-45(32)34(31)47)53-37(50)44-22-26-11-9-10-12-27(26)23-44/h7,9-13,15-18,28-29,31-32H,4-6,8,14,19-20,22-24H2,1-3H3,(H,41,49)(H,42,46)(H,43,48)/t28-,29-,31-,32+,39-/m1/s1. The maximum Gasteiger partial charge on any atom is 0.410 e. The van der Waals surface area contributed by atoms with Gasteiger partial charge < -0.3 is 25.0 Å². The first kappa shape index (κ1) is 39.3. The molecule has 1 saturated carbocycles. The first-order valence-electron chi connectivity index (χ1n) is 18.5. The van der Waals surface area contributed by atoms with E-state index in [1.807, 2.05) is 36.4 Å². The van der Waals surface area contributed by atoms with E-state index in [0.717, 1.165) is 17.5 Å². The summed E-state index contributed by atoms with van der Waals surface area (Å²) in [6.07, 6.45) is 4.25. The first-order chi connectivity index (χ1) is 26.1. The Morgan fingerprint density at radius 3 is 2.35 bits per heavy atom. The molecule has 0 bridgehead atoms. The number of amides is 5. The minimum absolute atomic E-state index is 0.0986. The fourth-order valence-electron chi connectivity index (χ4n) is 7.28. The SMILES string of the molecule is CC(C)(C)OC(=O)N[C@@H]1CCCCCC=C[C@@H]2C[C@@]2(C(=O)NS(=O)(=O)c2ccc(C#N)cc2)NC(=O)[C@@H]2C[C@@H](OC(=O)N3Cc4ccccc4C3)CN2C1=O. The van der Waals surface area contributed by atoms with Crippen molar-refractivity contribution in [3.8, 4) is 6.07 Å². The van der Waals surface area contributed by atoms with Crippen molar-refractivity contribution in [2.24, 2.45) is 5.92 Å². The molecule has 3 heterocycles. The van der Waals surface area contributed by atoms with Crippen molar-refractivity contribution >= 4 is 39.9 Å². The fraction of sp³-hybridized carbons (Fsp3) is 0.487. The molecule has 16 heteroatoms. The van der Waals surface area contributed by atoms with Crippen molar-refractivity contribution in [3.05, 3.63) is 77.4 Å². The Morgan fingerprint density at radius 2 is 1.69 bits per heavy atom. The predicted octanol–water partition coefficient (Wildman–Crippen LogP) is 3.77. The van der Waals surface area contributed by atoms with Gasteiger partial charge in [-0.15, -0.1) is 0 Å². The van der Waals surface area contributed by atoms with Gasteiger partial charge >= 0.3 is 12.2 Å². The molecular weight excluding hydrogens is 729 g/mol. The molecule has 0 unspecified atom stereocenters. The van der Waals surface area contributed by atoms with E-state index in [0.29, 0.717) is 32.4 Å². The first-order valence-corrected chi connectivity index (χ1v) is 20.0. The van der Waals surface area contributed by atoms with Gasteiger partial charge in [0.1, 0.15) is 29.3 Å². The number of nitriles is 1. The lowest BCUT2D eigenvalue weighted by molar-refractivity contribution is -0.141. The zero-order chi connectivity index (χ0) is 39.5. The van der Waals surface area contributed by atoms with Crippen molar-refractivity contribution in [1.29, 1.82) is 5.26 Å². The van der Waals surface area contributed by atoms with Gasteiger partial charge in [-0.05, 0) is 81.8 Å². The Kier molecular flexibility index (Phi) is 11.2. The van der Waals surface area contributed by atoms with Gasteiger partial charge in [-0.1, -0.05) is 49.3 Å². The monoisotopic (exact) mass is 774 g/mol. The van der Waals surface area contributed by atoms with Crippen LogP contribution in [0.25, 0.3) is 0 Å². The molecular formula is C39H46N6O9S. The third-order valence-electron chi connectivity index (χ3n) is 10.2. The highest BCUT2D eigenvalue weighted by Crippen LogP contribution is 2.46. The van der Waals surface area contributed by atoms with E-state index in [1.165, 1.54) is 34.1 Å². The molecule has 2 fully saturated rings. The highest BCUT2D eigenvalue weighted by molar-refractivity contribution is 7.90. The van der Waals surface area contributed by atoms with Crippen molar-refractivity contribution in [3.63, 3.8) is 0 Å². The van der Waals surface area contributed by atoms with Gasteiger partial charge in [0.25, 0.3) is 15.9 Å². The van der Waals surface area contributed by atoms with E-state index < -0.39 is 75.2 Å². The second-order valence-electron chi connectivity index (χ2n) is 15.5. The van der Waals surface area contributed by atoms with Gasteiger partial charge in [-0.25, -0.2) is 22.7 Å². The summed E-state index contributed by atoms with van der Waals surface area (Å²) in [6.45, 7) is 5.62. The number of alkyl carbamates (subject to hydrolysis) is 1. The minimum atomic E-state index is -4.40. The summed E-state index contributed by atoms with van der Waals surface area (Å²) < 4.78 is 40.0. The van der Waals surface area contributed by atoms with Crippen molar-refractivity contribution in [1.82, 2.24) is 25.2 Å². The summed E-state index contributed by atoms with van der Waals surface area (Å²) in [6, 6.07) is 12.3. The van der Waals surface area contributed by atoms with Gasteiger partial charge in [-0.2, -0.15) is 5.26 Å². The third kappa shape index (κ3) is 9.10. The number of nitrogens with one attached hydrogen (secondary N) is 3. The molecule has 1 aliphatic carbocycles. The van der Waals surface area contributed by atoms with E-state index >= 15 is 0 Å². The van der Waals surface area contributed by atoms with Crippen molar-refractivity contribution < 1.29 is 41.9 Å². The molecule has 4 aliphatic rings. The van der Waals surface area contributed by atoms with E-state index in [-0.39, 0.29) is 36.3 Å². The van der Waals surface area contributed by atoms with Crippen LogP contribution in [-0.4, -0.2) is 84.0 Å². The maximum absolute atomic E-state index is 14.4. The topological polar surface area (TPSA) is 204 Å². The molecule has 0 aromatic heterocycles. The van der Waals surface area contributed by atoms with Crippen LogP contribution in [0.15, 0.2) is 65.6 Å². The number of allylic oxidation sites excluding steroid dienone is 1. The molecule has 15 nitrogen and oxygen atoms in total. The Balaban J connectivity index is 1.26. The van der Waals surface area contributed by atoms with Crippen LogP contribution in [0.2, 0.25) is 0 Å². The summed E-state index contributed by atoms with van der Waals surface area (Å²) in [5, 5.41) is 14.6. The van der Waals surface area contributed by atoms with Crippen LogP contribution in [0.1, 0.15) is 82.4 Å². The lowest BCUT2D eigenvalue weighted by Gasteiger charge is -2.30. The van der Waals surface area contributed by atoms with Crippen molar-refractivity contribution in [2.75, 3.05) is 6.54 Å². The smallest absolute Gasteiger partial charge is 0.410 e. The molecule has 292 valence electrons. The number of benzene rings is 2. The van der Waals surface area contributed by atoms with E-state index in [1.54, 1.807) is 26.8 Å². The number of nitrogens with zero attached hydrogens (tertiary/aromatic N) is 3. The zero-order valence-electron chi connectivity index (χ0n) is 31.1. The molecule has 0 spiro atoms. The number of hydrogen-bond donors (Lipinski definition) is 3. The summed E-state index contributed by atoms with van der Waals surface area (Å²) >= 11 is 0. The number of sulfonamides is 1. The third-order valence-corrected chi connectivity index (χ3v) is 11.6. The van der Waals surface area contributed by atoms with Crippen LogP contribution in [0.3, 0.4) is 0 Å². The molecule has 55 heavy (non-hydrogen) atoms. The number of carbonyl (C=O) groups is 5. The molecule has 5 atom stereocenters. The molecule has 3 N–H and O–H groups in total. The van der Waals surface area contributed by atoms with Crippen LogP contribution < -0.4 is 15.4 Å². The second-order valence-corrected chi connectivity index (χ2v) is 17.2. The maximum atomic E-state index is 14.4. The molecule has 5 amide bonds. The van der Waals surface area contributed by atoms with Gasteiger partial charge in [0.05, 0.1) is 23.1 Å². The lowest BCUT2D eigenvalue weighted by atomic mass is 10.0. The van der Waals surface area contributed by atoms with Gasteiger partial charge in [0.2, 0.25) is 11.8 Å². The Bertz CT molecular complexity index is 2000. The molecule has 2 aromatic rings. The summed E-state index contributed by atoms with van der Waals surface area (Å²) in [5.41, 5.74) is -0.289. The fourth-order valence-corrected chi connectivity index (χ4v) is 8.31. The van der Waals surface area contributed by atoms with E-state index in [4.69, 9.17) is 14.7 Å². The normalized spacial score (nSPS) is 25.5. The van der Waals surface area contributed by atoms with E-state index in [9.17, 15) is 32.4 Å². The number of carbonyl (C=O) groups excluding carboxylic acids is 5. The molecule has 3 aliphatic heterocycles. The molecule has 6 rings (SSSR count). The molecule has 0 radical (unpaired) electrons. The average molecular weight is 775 g/mol. The minimum Gasteiger partial charge on any atom is -0.444 e.